The first-order valence-corrected chi connectivity index (χ1v) is 7.24. The van der Waals surface area contributed by atoms with Crippen molar-refractivity contribution < 1.29 is 14.6 Å². The quantitative estimate of drug-likeness (QED) is 0.644. The molecule has 0 saturated heterocycles. The zero-order valence-electron chi connectivity index (χ0n) is 11.7. The Morgan fingerprint density at radius 1 is 1.47 bits per heavy atom. The highest BCUT2D eigenvalue weighted by molar-refractivity contribution is 9.09. The third kappa shape index (κ3) is 5.11. The fraction of sp³-hybridized carbons (Fsp3) is 0.500. The number of carbonyl (C=O) groups excluding carboxylic acids is 1. The van der Waals surface area contributed by atoms with Crippen LogP contribution < -0.4 is 5.32 Å². The van der Waals surface area contributed by atoms with Gasteiger partial charge < -0.3 is 9.84 Å². The van der Waals surface area contributed by atoms with Crippen molar-refractivity contribution in [3.05, 3.63) is 23.8 Å². The molecule has 0 heterocycles. The highest BCUT2D eigenvalue weighted by Gasteiger charge is 2.17. The van der Waals surface area contributed by atoms with Gasteiger partial charge in [0.1, 0.15) is 11.4 Å². The largest absolute Gasteiger partial charge is 0.506 e. The first-order chi connectivity index (χ1) is 8.73. The molecule has 0 aromatic heterocycles. The second-order valence-corrected chi connectivity index (χ2v) is 6.11. The van der Waals surface area contributed by atoms with Gasteiger partial charge in [0.15, 0.2) is 0 Å². The number of hydrogen-bond acceptors (Lipinski definition) is 3. The molecule has 0 aliphatic heterocycles. The Labute approximate surface area is 122 Å². The van der Waals surface area contributed by atoms with E-state index in [2.05, 4.69) is 21.2 Å². The van der Waals surface area contributed by atoms with Crippen molar-refractivity contribution in [2.45, 2.75) is 39.2 Å². The Hall–Kier alpha value is -1.23. The normalized spacial score (nSPS) is 12.9. The zero-order chi connectivity index (χ0) is 14.6. The van der Waals surface area contributed by atoms with E-state index in [0.29, 0.717) is 11.6 Å². The summed E-state index contributed by atoms with van der Waals surface area (Å²) in [5.74, 6) is 0.331. The third-order valence-corrected chi connectivity index (χ3v) is 3.43. The summed E-state index contributed by atoms with van der Waals surface area (Å²) < 4.78 is 5.13. The molecule has 1 aromatic rings. The van der Waals surface area contributed by atoms with Crippen LogP contribution in [0.1, 0.15) is 39.2 Å². The molecular weight excluding hydrogens is 310 g/mol. The van der Waals surface area contributed by atoms with E-state index in [1.54, 1.807) is 32.9 Å². The summed E-state index contributed by atoms with van der Waals surface area (Å²) in [4.78, 5) is 11.6. The average Bonchev–Trinajstić information content (AvgIpc) is 2.28. The van der Waals surface area contributed by atoms with Gasteiger partial charge >= 0.3 is 6.09 Å². The summed E-state index contributed by atoms with van der Waals surface area (Å²) in [5.41, 5.74) is 0.785. The number of aromatic hydroxyl groups is 1. The summed E-state index contributed by atoms with van der Waals surface area (Å²) in [6.07, 6.45) is -0.580. The molecule has 4 nitrogen and oxygen atoms in total. The van der Waals surface area contributed by atoms with E-state index in [4.69, 9.17) is 4.74 Å². The van der Waals surface area contributed by atoms with Crippen molar-refractivity contribution in [3.8, 4) is 5.75 Å². The minimum atomic E-state index is -0.580. The maximum atomic E-state index is 11.6. The topological polar surface area (TPSA) is 58.6 Å². The number of ether oxygens (including phenoxy) is 1. The molecule has 0 aliphatic carbocycles. The Kier molecular flexibility index (Phi) is 5.23. The van der Waals surface area contributed by atoms with Gasteiger partial charge in [-0.2, -0.15) is 0 Å². The molecule has 1 aromatic carbocycles. The number of phenolic OH excluding ortho intramolecular Hbond substituents is 1. The number of nitrogens with one attached hydrogen (secondary N) is 1. The average molecular weight is 330 g/mol. The van der Waals surface area contributed by atoms with Crippen molar-refractivity contribution in [1.82, 2.24) is 0 Å². The molecule has 1 amide bonds. The molecular formula is C14H20BrNO3. The van der Waals surface area contributed by atoms with Gasteiger partial charge in [-0.3, -0.25) is 5.32 Å². The standard InChI is InChI=1S/C14H20BrNO3/c1-9(8-15)10-5-6-11(12(17)7-10)16-13(18)19-14(2,3)4/h5-7,9,17H,8H2,1-4H3,(H,16,18). The van der Waals surface area contributed by atoms with Crippen LogP contribution in [0.15, 0.2) is 18.2 Å². The number of hydrogen-bond donors (Lipinski definition) is 2. The van der Waals surface area contributed by atoms with Gasteiger partial charge in [-0.25, -0.2) is 4.79 Å². The van der Waals surface area contributed by atoms with Crippen LogP contribution in [-0.4, -0.2) is 22.1 Å². The van der Waals surface area contributed by atoms with Gasteiger partial charge in [0, 0.05) is 5.33 Å². The van der Waals surface area contributed by atoms with Gasteiger partial charge in [0.25, 0.3) is 0 Å². The molecule has 0 aliphatic rings. The third-order valence-electron chi connectivity index (χ3n) is 2.46. The minimum absolute atomic E-state index is 0.0381. The van der Waals surface area contributed by atoms with E-state index < -0.39 is 11.7 Å². The number of anilines is 1. The number of benzene rings is 1. The van der Waals surface area contributed by atoms with Crippen LogP contribution in [0.5, 0.6) is 5.75 Å². The molecule has 5 heteroatoms. The van der Waals surface area contributed by atoms with E-state index in [0.717, 1.165) is 10.9 Å². The van der Waals surface area contributed by atoms with Crippen LogP contribution in [0, 0.1) is 0 Å². The first kappa shape index (κ1) is 15.8. The lowest BCUT2D eigenvalue weighted by Gasteiger charge is -2.20. The van der Waals surface area contributed by atoms with Crippen molar-refractivity contribution in [2.24, 2.45) is 0 Å². The Morgan fingerprint density at radius 2 is 2.11 bits per heavy atom. The number of rotatable bonds is 3. The molecule has 1 atom stereocenters. The molecule has 1 unspecified atom stereocenters. The summed E-state index contributed by atoms with van der Waals surface area (Å²) in [5, 5.41) is 13.2. The van der Waals surface area contributed by atoms with E-state index in [1.807, 2.05) is 13.0 Å². The fourth-order valence-electron chi connectivity index (χ4n) is 1.46. The van der Waals surface area contributed by atoms with Crippen LogP contribution in [0.3, 0.4) is 0 Å². The lowest BCUT2D eigenvalue weighted by molar-refractivity contribution is 0.0635. The van der Waals surface area contributed by atoms with Gasteiger partial charge in [-0.15, -0.1) is 0 Å². The summed E-state index contributed by atoms with van der Waals surface area (Å²) in [6, 6.07) is 5.20. The molecule has 0 saturated carbocycles. The molecule has 2 N–H and O–H groups in total. The van der Waals surface area contributed by atoms with E-state index in [-0.39, 0.29) is 5.75 Å². The van der Waals surface area contributed by atoms with E-state index in [1.165, 1.54) is 0 Å². The molecule has 0 bridgehead atoms. The number of alkyl halides is 1. The molecule has 0 spiro atoms. The molecule has 1 rings (SSSR count). The Morgan fingerprint density at radius 3 is 2.58 bits per heavy atom. The Balaban J connectivity index is 2.78. The Bertz CT molecular complexity index is 454. The second-order valence-electron chi connectivity index (χ2n) is 5.46. The molecule has 0 radical (unpaired) electrons. The number of carbonyl (C=O) groups is 1. The van der Waals surface area contributed by atoms with Crippen LogP contribution in [0.2, 0.25) is 0 Å². The zero-order valence-corrected chi connectivity index (χ0v) is 13.2. The second kappa shape index (κ2) is 6.28. The number of amides is 1. The minimum Gasteiger partial charge on any atom is -0.506 e. The maximum absolute atomic E-state index is 11.6. The lowest BCUT2D eigenvalue weighted by atomic mass is 10.0. The number of phenols is 1. The van der Waals surface area contributed by atoms with Crippen molar-refractivity contribution in [1.29, 1.82) is 0 Å². The van der Waals surface area contributed by atoms with Gasteiger partial charge in [-0.1, -0.05) is 28.9 Å². The van der Waals surface area contributed by atoms with Gasteiger partial charge in [-0.05, 0) is 44.4 Å². The predicted molar refractivity (Wildman–Crippen MR) is 80.2 cm³/mol. The van der Waals surface area contributed by atoms with Crippen molar-refractivity contribution in [2.75, 3.05) is 10.6 Å². The van der Waals surface area contributed by atoms with Crippen molar-refractivity contribution >= 4 is 27.7 Å². The highest BCUT2D eigenvalue weighted by Crippen LogP contribution is 2.29. The maximum Gasteiger partial charge on any atom is 0.412 e. The summed E-state index contributed by atoms with van der Waals surface area (Å²) >= 11 is 3.40. The highest BCUT2D eigenvalue weighted by atomic mass is 79.9. The molecule has 106 valence electrons. The van der Waals surface area contributed by atoms with Crippen LogP contribution in [0.4, 0.5) is 10.5 Å². The van der Waals surface area contributed by atoms with Gasteiger partial charge in [0.05, 0.1) is 5.69 Å². The van der Waals surface area contributed by atoms with Crippen LogP contribution >= 0.6 is 15.9 Å². The van der Waals surface area contributed by atoms with Gasteiger partial charge in [0.2, 0.25) is 0 Å². The summed E-state index contributed by atoms with van der Waals surface area (Å²) in [7, 11) is 0. The van der Waals surface area contributed by atoms with Crippen molar-refractivity contribution in [3.63, 3.8) is 0 Å². The van der Waals surface area contributed by atoms with Crippen LogP contribution in [0.25, 0.3) is 0 Å². The molecule has 0 fully saturated rings. The molecule has 19 heavy (non-hydrogen) atoms. The fourth-order valence-corrected chi connectivity index (χ4v) is 1.84. The van der Waals surface area contributed by atoms with Crippen LogP contribution in [-0.2, 0) is 4.74 Å². The van der Waals surface area contributed by atoms with E-state index in [9.17, 15) is 9.90 Å². The smallest absolute Gasteiger partial charge is 0.412 e. The summed E-state index contributed by atoms with van der Waals surface area (Å²) in [6.45, 7) is 7.40. The number of halogens is 1. The van der Waals surface area contributed by atoms with E-state index >= 15 is 0 Å². The first-order valence-electron chi connectivity index (χ1n) is 6.12. The lowest BCUT2D eigenvalue weighted by Crippen LogP contribution is -2.27. The predicted octanol–water partition coefficient (Wildman–Crippen LogP) is 4.24. The monoisotopic (exact) mass is 329 g/mol. The SMILES string of the molecule is CC(CBr)c1ccc(NC(=O)OC(C)(C)C)c(O)c1.